The van der Waals surface area contributed by atoms with Gasteiger partial charge in [0.2, 0.25) is 5.91 Å². The highest BCUT2D eigenvalue weighted by Gasteiger charge is 2.26. The molecule has 0 aliphatic heterocycles. The van der Waals surface area contributed by atoms with Gasteiger partial charge >= 0.3 is 5.97 Å². The topological polar surface area (TPSA) is 109 Å². The van der Waals surface area contributed by atoms with Crippen LogP contribution < -0.4 is 10.1 Å². The van der Waals surface area contributed by atoms with E-state index in [1.807, 2.05) is 25.1 Å². The number of hydrogen-bond acceptors (Lipinski definition) is 6. The minimum Gasteiger partial charge on any atom is -0.479 e. The second-order valence-electron chi connectivity index (χ2n) is 7.08. The molecule has 8 nitrogen and oxygen atoms in total. The SMILES string of the molecule is Cc1ccc(NC(=O)CN(C)C(=O)[C@@H](C)OC(=O)[C@@H](C)Oc2ccc(C#N)cc2)cc1. The van der Waals surface area contributed by atoms with E-state index >= 15 is 0 Å². The third-order valence-electron chi connectivity index (χ3n) is 4.36. The van der Waals surface area contributed by atoms with Crippen molar-refractivity contribution in [3.05, 3.63) is 59.7 Å². The number of aryl methyl sites for hydroxylation is 1. The zero-order valence-electron chi connectivity index (χ0n) is 17.9. The molecule has 2 aromatic carbocycles. The summed E-state index contributed by atoms with van der Waals surface area (Å²) < 4.78 is 10.7. The number of likely N-dealkylation sites (N-methyl/N-ethyl adjacent to an activating group) is 1. The predicted molar refractivity (Wildman–Crippen MR) is 114 cm³/mol. The lowest BCUT2D eigenvalue weighted by Gasteiger charge is -2.22. The van der Waals surface area contributed by atoms with Crippen LogP contribution in [0.1, 0.15) is 25.0 Å². The van der Waals surface area contributed by atoms with E-state index < -0.39 is 24.1 Å². The smallest absolute Gasteiger partial charge is 0.347 e. The number of nitrogens with one attached hydrogen (secondary N) is 1. The molecule has 0 unspecified atom stereocenters. The Morgan fingerprint density at radius 3 is 2.23 bits per heavy atom. The van der Waals surface area contributed by atoms with Crippen molar-refractivity contribution in [3.63, 3.8) is 0 Å². The minimum absolute atomic E-state index is 0.189. The van der Waals surface area contributed by atoms with E-state index in [0.717, 1.165) is 5.56 Å². The van der Waals surface area contributed by atoms with E-state index in [9.17, 15) is 14.4 Å². The molecule has 0 fully saturated rings. The van der Waals surface area contributed by atoms with Gasteiger partial charge in [0.1, 0.15) is 5.75 Å². The fourth-order valence-corrected chi connectivity index (χ4v) is 2.62. The highest BCUT2D eigenvalue weighted by atomic mass is 16.6. The van der Waals surface area contributed by atoms with E-state index in [0.29, 0.717) is 17.0 Å². The maximum atomic E-state index is 12.5. The third-order valence-corrected chi connectivity index (χ3v) is 4.36. The molecule has 0 saturated carbocycles. The van der Waals surface area contributed by atoms with Crippen LogP contribution in [-0.2, 0) is 19.1 Å². The Morgan fingerprint density at radius 1 is 1.03 bits per heavy atom. The van der Waals surface area contributed by atoms with Crippen LogP contribution in [0, 0.1) is 18.3 Å². The summed E-state index contributed by atoms with van der Waals surface area (Å²) in [5.41, 5.74) is 2.17. The van der Waals surface area contributed by atoms with Gasteiger partial charge in [0, 0.05) is 12.7 Å². The normalized spacial score (nSPS) is 12.1. The van der Waals surface area contributed by atoms with Gasteiger partial charge in [0.25, 0.3) is 5.91 Å². The summed E-state index contributed by atoms with van der Waals surface area (Å²) >= 11 is 0. The van der Waals surface area contributed by atoms with Crippen molar-refractivity contribution in [3.8, 4) is 11.8 Å². The Labute approximate surface area is 181 Å². The summed E-state index contributed by atoms with van der Waals surface area (Å²) in [6.45, 7) is 4.68. The molecule has 0 bridgehead atoms. The van der Waals surface area contributed by atoms with Gasteiger partial charge in [-0.3, -0.25) is 9.59 Å². The maximum Gasteiger partial charge on any atom is 0.347 e. The number of esters is 1. The molecule has 8 heteroatoms. The lowest BCUT2D eigenvalue weighted by molar-refractivity contribution is -0.163. The predicted octanol–water partition coefficient (Wildman–Crippen LogP) is 2.66. The molecule has 2 amide bonds. The van der Waals surface area contributed by atoms with Gasteiger partial charge in [-0.05, 0) is 57.2 Å². The van der Waals surface area contributed by atoms with E-state index in [1.165, 1.54) is 25.8 Å². The van der Waals surface area contributed by atoms with Crippen LogP contribution >= 0.6 is 0 Å². The molecule has 2 aromatic rings. The van der Waals surface area contributed by atoms with Crippen molar-refractivity contribution >= 4 is 23.5 Å². The largest absolute Gasteiger partial charge is 0.479 e. The number of carbonyl (C=O) groups excluding carboxylic acids is 3. The summed E-state index contributed by atoms with van der Waals surface area (Å²) in [5.74, 6) is -1.20. The number of ether oxygens (including phenoxy) is 2. The highest BCUT2D eigenvalue weighted by molar-refractivity contribution is 5.95. The second kappa shape index (κ2) is 10.8. The van der Waals surface area contributed by atoms with E-state index in [-0.39, 0.29) is 12.5 Å². The first-order chi connectivity index (χ1) is 14.7. The Hall–Kier alpha value is -3.86. The standard InChI is InChI=1S/C23H25N3O5/c1-15-5-9-19(10-6-15)25-21(27)14-26(4)22(28)16(2)31-23(29)17(3)30-20-11-7-18(13-24)8-12-20/h5-12,16-17H,14H2,1-4H3,(H,25,27)/t16-,17-/m1/s1. The lowest BCUT2D eigenvalue weighted by Crippen LogP contribution is -2.42. The molecule has 2 rings (SSSR count). The Morgan fingerprint density at radius 2 is 1.65 bits per heavy atom. The van der Waals surface area contributed by atoms with Crippen LogP contribution in [-0.4, -0.2) is 48.5 Å². The molecule has 0 spiro atoms. The van der Waals surface area contributed by atoms with Gasteiger partial charge in [-0.15, -0.1) is 0 Å². The lowest BCUT2D eigenvalue weighted by atomic mass is 10.2. The summed E-state index contributed by atoms with van der Waals surface area (Å²) in [7, 11) is 1.46. The summed E-state index contributed by atoms with van der Waals surface area (Å²) in [6.07, 6.45) is -2.05. The van der Waals surface area contributed by atoms with Gasteiger partial charge in [-0.2, -0.15) is 5.26 Å². The van der Waals surface area contributed by atoms with E-state index in [2.05, 4.69) is 5.32 Å². The molecule has 0 aromatic heterocycles. The number of hydrogen-bond donors (Lipinski definition) is 1. The number of carbonyl (C=O) groups is 3. The van der Waals surface area contributed by atoms with Gasteiger partial charge in [0.05, 0.1) is 18.2 Å². The number of amides is 2. The molecule has 162 valence electrons. The molecule has 1 N–H and O–H groups in total. The zero-order chi connectivity index (χ0) is 23.0. The first-order valence-corrected chi connectivity index (χ1v) is 9.68. The zero-order valence-corrected chi connectivity index (χ0v) is 17.9. The van der Waals surface area contributed by atoms with Crippen molar-refractivity contribution in [2.24, 2.45) is 0 Å². The monoisotopic (exact) mass is 423 g/mol. The average Bonchev–Trinajstić information content (AvgIpc) is 2.75. The first-order valence-electron chi connectivity index (χ1n) is 9.68. The van der Waals surface area contributed by atoms with Crippen LogP contribution in [0.4, 0.5) is 5.69 Å². The van der Waals surface area contributed by atoms with Crippen molar-refractivity contribution in [1.29, 1.82) is 5.26 Å². The Balaban J connectivity index is 1.83. The van der Waals surface area contributed by atoms with Gasteiger partial charge in [-0.25, -0.2) is 4.79 Å². The Kier molecular flexibility index (Phi) is 8.15. The van der Waals surface area contributed by atoms with Crippen LogP contribution in [0.2, 0.25) is 0 Å². The number of nitrogens with zero attached hydrogens (tertiary/aromatic N) is 2. The quantitative estimate of drug-likeness (QED) is 0.654. The fraction of sp³-hybridized carbons (Fsp3) is 0.304. The molecule has 0 aliphatic rings. The van der Waals surface area contributed by atoms with Crippen molar-refractivity contribution < 1.29 is 23.9 Å². The van der Waals surface area contributed by atoms with E-state index in [1.54, 1.807) is 36.4 Å². The van der Waals surface area contributed by atoms with Gasteiger partial charge in [-0.1, -0.05) is 17.7 Å². The van der Waals surface area contributed by atoms with Crippen LogP contribution in [0.15, 0.2) is 48.5 Å². The molecule has 0 saturated heterocycles. The number of benzene rings is 2. The van der Waals surface area contributed by atoms with Crippen molar-refractivity contribution in [1.82, 2.24) is 4.90 Å². The van der Waals surface area contributed by atoms with Crippen LogP contribution in [0.5, 0.6) is 5.75 Å². The molecule has 0 aliphatic carbocycles. The molecule has 31 heavy (non-hydrogen) atoms. The Bertz CT molecular complexity index is 964. The number of nitriles is 1. The second-order valence-corrected chi connectivity index (χ2v) is 7.08. The first kappa shape index (κ1) is 23.4. The minimum atomic E-state index is -1.09. The molecular formula is C23H25N3O5. The molecule has 2 atom stereocenters. The fourth-order valence-electron chi connectivity index (χ4n) is 2.62. The van der Waals surface area contributed by atoms with Crippen molar-refractivity contribution in [2.75, 3.05) is 18.9 Å². The summed E-state index contributed by atoms with van der Waals surface area (Å²) in [5, 5.41) is 11.5. The van der Waals surface area contributed by atoms with Gasteiger partial charge < -0.3 is 19.7 Å². The molecule has 0 heterocycles. The summed E-state index contributed by atoms with van der Waals surface area (Å²) in [6, 6.07) is 15.5. The van der Waals surface area contributed by atoms with Crippen LogP contribution in [0.25, 0.3) is 0 Å². The maximum absolute atomic E-state index is 12.5. The van der Waals surface area contributed by atoms with E-state index in [4.69, 9.17) is 14.7 Å². The van der Waals surface area contributed by atoms with Crippen molar-refractivity contribution in [2.45, 2.75) is 33.0 Å². The molecule has 0 radical (unpaired) electrons. The number of rotatable bonds is 8. The summed E-state index contributed by atoms with van der Waals surface area (Å²) in [4.78, 5) is 38.1. The van der Waals surface area contributed by atoms with Crippen LogP contribution in [0.3, 0.4) is 0 Å². The highest BCUT2D eigenvalue weighted by Crippen LogP contribution is 2.14. The molecular weight excluding hydrogens is 398 g/mol. The average molecular weight is 423 g/mol. The third kappa shape index (κ3) is 7.16. The number of anilines is 1. The van der Waals surface area contributed by atoms with Gasteiger partial charge in [0.15, 0.2) is 12.2 Å².